The van der Waals surface area contributed by atoms with Crippen LogP contribution in [0.4, 0.5) is 4.39 Å². The van der Waals surface area contributed by atoms with Gasteiger partial charge in [-0.3, -0.25) is 14.8 Å². The number of hydrogen-bond acceptors (Lipinski definition) is 4. The van der Waals surface area contributed by atoms with Gasteiger partial charge < -0.3 is 15.5 Å². The van der Waals surface area contributed by atoms with Crippen LogP contribution in [0.15, 0.2) is 23.2 Å². The molecule has 0 aliphatic carbocycles. The summed E-state index contributed by atoms with van der Waals surface area (Å²) in [4.78, 5) is 11.6. The third-order valence-electron chi connectivity index (χ3n) is 5.96. The zero-order valence-corrected chi connectivity index (χ0v) is 18.6. The largest absolute Gasteiger partial charge is 0.355 e. The molecule has 2 aliphatic heterocycles. The van der Waals surface area contributed by atoms with Gasteiger partial charge in [-0.2, -0.15) is 0 Å². The van der Waals surface area contributed by atoms with Gasteiger partial charge in [0.1, 0.15) is 5.82 Å². The molecular formula is C21H34ClFN6. The summed E-state index contributed by atoms with van der Waals surface area (Å²) in [5.41, 5.74) is 0.973. The van der Waals surface area contributed by atoms with Crippen molar-refractivity contribution in [3.8, 4) is 0 Å². The summed E-state index contributed by atoms with van der Waals surface area (Å²) < 4.78 is 13.3. The van der Waals surface area contributed by atoms with Crippen molar-refractivity contribution in [2.75, 3.05) is 60.4 Å². The van der Waals surface area contributed by atoms with Gasteiger partial charge >= 0.3 is 0 Å². The van der Waals surface area contributed by atoms with Gasteiger partial charge in [0.25, 0.3) is 0 Å². The number of piperazine rings is 1. The van der Waals surface area contributed by atoms with Crippen molar-refractivity contribution in [3.63, 3.8) is 0 Å². The van der Waals surface area contributed by atoms with Gasteiger partial charge in [0.15, 0.2) is 5.96 Å². The lowest BCUT2D eigenvalue weighted by Crippen LogP contribution is -2.57. The highest BCUT2D eigenvalue weighted by Gasteiger charge is 2.24. The van der Waals surface area contributed by atoms with Gasteiger partial charge in [0, 0.05) is 63.4 Å². The lowest BCUT2D eigenvalue weighted by atomic mass is 10.0. The van der Waals surface area contributed by atoms with E-state index in [4.69, 9.17) is 11.6 Å². The van der Waals surface area contributed by atoms with Gasteiger partial charge in [-0.15, -0.1) is 0 Å². The Morgan fingerprint density at radius 2 is 2.07 bits per heavy atom. The predicted octanol–water partition coefficient (Wildman–Crippen LogP) is 1.85. The molecule has 29 heavy (non-hydrogen) atoms. The van der Waals surface area contributed by atoms with Crippen molar-refractivity contribution in [1.82, 2.24) is 25.3 Å². The van der Waals surface area contributed by atoms with E-state index in [1.54, 1.807) is 6.07 Å². The molecule has 0 saturated carbocycles. The van der Waals surface area contributed by atoms with Gasteiger partial charge in [-0.05, 0) is 51.2 Å². The van der Waals surface area contributed by atoms with Crippen molar-refractivity contribution in [2.45, 2.75) is 31.5 Å². The van der Waals surface area contributed by atoms with E-state index >= 15 is 0 Å². The maximum Gasteiger partial charge on any atom is 0.191 e. The highest BCUT2D eigenvalue weighted by molar-refractivity contribution is 6.31. The summed E-state index contributed by atoms with van der Waals surface area (Å²) in [6.07, 6.45) is 2.23. The number of aliphatic imine (C=N–C) groups is 1. The molecule has 3 rings (SSSR count). The number of piperidine rings is 1. The number of nitrogens with one attached hydrogen (secondary N) is 2. The first-order valence-corrected chi connectivity index (χ1v) is 10.8. The quantitative estimate of drug-likeness (QED) is 0.558. The molecule has 2 unspecified atom stereocenters. The predicted molar refractivity (Wildman–Crippen MR) is 118 cm³/mol. The van der Waals surface area contributed by atoms with E-state index in [-0.39, 0.29) is 5.82 Å². The second-order valence-electron chi connectivity index (χ2n) is 8.30. The normalized spacial score (nSPS) is 25.2. The molecule has 1 aromatic rings. The molecule has 2 heterocycles. The Kier molecular flexibility index (Phi) is 8.12. The lowest BCUT2D eigenvalue weighted by molar-refractivity contribution is 0.116. The fraction of sp³-hybridized carbons (Fsp3) is 0.667. The number of hydrogen-bond donors (Lipinski definition) is 2. The molecule has 0 aromatic heterocycles. The Morgan fingerprint density at radius 1 is 1.24 bits per heavy atom. The number of rotatable bonds is 5. The lowest BCUT2D eigenvalue weighted by Gasteiger charge is -2.38. The molecule has 0 amide bonds. The van der Waals surface area contributed by atoms with Crippen molar-refractivity contribution in [3.05, 3.63) is 34.6 Å². The van der Waals surface area contributed by atoms with Crippen molar-refractivity contribution < 1.29 is 4.39 Å². The highest BCUT2D eigenvalue weighted by atomic mass is 35.5. The Bertz CT molecular complexity index is 700. The molecule has 8 heteroatoms. The minimum absolute atomic E-state index is 0.290. The Balaban J connectivity index is 1.49. The Hall–Kier alpha value is -1.41. The minimum atomic E-state index is -0.290. The zero-order chi connectivity index (χ0) is 20.8. The molecule has 2 fully saturated rings. The topological polar surface area (TPSA) is 46.1 Å². The molecular weight excluding hydrogens is 391 g/mol. The molecule has 0 spiro atoms. The van der Waals surface area contributed by atoms with Gasteiger partial charge in [0.2, 0.25) is 0 Å². The first-order chi connectivity index (χ1) is 13.9. The van der Waals surface area contributed by atoms with Gasteiger partial charge in [-0.1, -0.05) is 17.7 Å². The van der Waals surface area contributed by atoms with Crippen LogP contribution in [-0.4, -0.2) is 93.2 Å². The number of halogens is 2. The molecule has 6 nitrogen and oxygen atoms in total. The fourth-order valence-electron chi connectivity index (χ4n) is 4.13. The van der Waals surface area contributed by atoms with Crippen LogP contribution < -0.4 is 10.6 Å². The number of likely N-dealkylation sites (N-methyl/N-ethyl adjacent to an activating group) is 2. The minimum Gasteiger partial charge on any atom is -0.355 e. The van der Waals surface area contributed by atoms with E-state index < -0.39 is 0 Å². The molecule has 2 saturated heterocycles. The molecule has 2 N–H and O–H groups in total. The molecule has 1 aromatic carbocycles. The van der Waals surface area contributed by atoms with E-state index in [1.165, 1.54) is 12.1 Å². The van der Waals surface area contributed by atoms with Crippen LogP contribution in [0.5, 0.6) is 0 Å². The summed E-state index contributed by atoms with van der Waals surface area (Å²) in [7, 11) is 6.19. The van der Waals surface area contributed by atoms with Crippen LogP contribution in [0.2, 0.25) is 5.02 Å². The van der Waals surface area contributed by atoms with Crippen LogP contribution in [-0.2, 0) is 6.54 Å². The van der Waals surface area contributed by atoms with Crippen LogP contribution in [0.3, 0.4) is 0 Å². The van der Waals surface area contributed by atoms with Gasteiger partial charge in [-0.25, -0.2) is 4.39 Å². The van der Waals surface area contributed by atoms with Crippen molar-refractivity contribution >= 4 is 17.6 Å². The first kappa shape index (κ1) is 22.3. The molecule has 0 bridgehead atoms. The van der Waals surface area contributed by atoms with E-state index in [9.17, 15) is 4.39 Å². The van der Waals surface area contributed by atoms with Crippen LogP contribution in [0, 0.1) is 5.82 Å². The average molecular weight is 425 g/mol. The molecule has 0 radical (unpaired) electrons. The summed E-state index contributed by atoms with van der Waals surface area (Å²) >= 11 is 6.21. The Labute approximate surface area is 179 Å². The molecule has 2 atom stereocenters. The van der Waals surface area contributed by atoms with E-state index in [0.29, 0.717) is 17.1 Å². The maximum atomic E-state index is 13.3. The number of likely N-dealkylation sites (tertiary alicyclic amines) is 1. The summed E-state index contributed by atoms with van der Waals surface area (Å²) in [5.74, 6) is 0.569. The van der Waals surface area contributed by atoms with Crippen LogP contribution in [0.25, 0.3) is 0 Å². The summed E-state index contributed by atoms with van der Waals surface area (Å²) in [6, 6.07) is 5.47. The first-order valence-electron chi connectivity index (χ1n) is 10.5. The number of benzene rings is 1. The molecule has 2 aliphatic rings. The second-order valence-corrected chi connectivity index (χ2v) is 8.71. The Morgan fingerprint density at radius 3 is 2.83 bits per heavy atom. The fourth-order valence-corrected chi connectivity index (χ4v) is 4.36. The highest BCUT2D eigenvalue weighted by Crippen LogP contribution is 2.21. The van der Waals surface area contributed by atoms with Crippen LogP contribution >= 0.6 is 11.6 Å². The molecule has 162 valence electrons. The van der Waals surface area contributed by atoms with E-state index in [1.807, 2.05) is 7.05 Å². The third-order valence-corrected chi connectivity index (χ3v) is 6.32. The van der Waals surface area contributed by atoms with Crippen molar-refractivity contribution in [1.29, 1.82) is 0 Å². The number of nitrogens with zero attached hydrogens (tertiary/aromatic N) is 4. The maximum absolute atomic E-state index is 13.3. The smallest absolute Gasteiger partial charge is 0.191 e. The van der Waals surface area contributed by atoms with Gasteiger partial charge in [0.05, 0.1) is 0 Å². The second kappa shape index (κ2) is 10.6. The third kappa shape index (κ3) is 6.54. The van der Waals surface area contributed by atoms with Crippen molar-refractivity contribution in [2.24, 2.45) is 4.99 Å². The number of guanidine groups is 1. The zero-order valence-electron chi connectivity index (χ0n) is 17.8. The van der Waals surface area contributed by atoms with Crippen LogP contribution in [0.1, 0.15) is 18.4 Å². The van der Waals surface area contributed by atoms with E-state index in [0.717, 1.165) is 70.2 Å². The summed E-state index contributed by atoms with van der Waals surface area (Å²) in [5, 5.41) is 7.59. The summed E-state index contributed by atoms with van der Waals surface area (Å²) in [6.45, 7) is 6.84. The monoisotopic (exact) mass is 424 g/mol. The average Bonchev–Trinajstić information content (AvgIpc) is 2.70. The van der Waals surface area contributed by atoms with E-state index in [2.05, 4.69) is 44.4 Å². The SMILES string of the molecule is CN=C(NCC1CN(C)CCN1C)NC1CCCN(Cc2ccc(F)cc2Cl)C1. The standard InChI is InChI=1S/C21H34ClFN6/c1-24-21(25-12-19-15-27(2)9-10-28(19)3)26-18-5-4-8-29(14-18)13-16-6-7-17(23)11-20(16)22/h6-7,11,18-19H,4-5,8-10,12-15H2,1-3H3,(H2,24,25,26).